The van der Waals surface area contributed by atoms with Gasteiger partial charge in [0.1, 0.15) is 11.8 Å². The van der Waals surface area contributed by atoms with E-state index in [0.717, 1.165) is 10.8 Å². The van der Waals surface area contributed by atoms with Crippen LogP contribution in [-0.2, 0) is 9.53 Å². The fourth-order valence-electron chi connectivity index (χ4n) is 4.84. The molecule has 0 fully saturated rings. The van der Waals surface area contributed by atoms with E-state index in [0.29, 0.717) is 44.3 Å². The molecule has 0 bridgehead atoms. The molecule has 0 saturated heterocycles. The highest BCUT2D eigenvalue weighted by atomic mass is 32.1. The van der Waals surface area contributed by atoms with Crippen LogP contribution in [0.15, 0.2) is 75.7 Å². The number of methoxy groups -OCH3 is 1. The van der Waals surface area contributed by atoms with Gasteiger partial charge in [-0.25, -0.2) is 9.79 Å². The fourth-order valence-corrected chi connectivity index (χ4v) is 5.89. The zero-order valence-corrected chi connectivity index (χ0v) is 22.9. The Morgan fingerprint density at radius 1 is 1.10 bits per heavy atom. The molecule has 3 aromatic carbocycles. The first-order chi connectivity index (χ1) is 18.9. The van der Waals surface area contributed by atoms with Crippen molar-refractivity contribution in [3.8, 4) is 17.2 Å². The molecule has 1 N–H and O–H groups in total. The maximum atomic E-state index is 14.0. The van der Waals surface area contributed by atoms with Crippen LogP contribution in [0.5, 0.6) is 17.2 Å². The number of aromatic hydroxyl groups is 1. The average molecular weight is 545 g/mol. The molecule has 5 rings (SSSR count). The number of ether oxygens (including phenoxy) is 3. The molecule has 0 unspecified atom stereocenters. The van der Waals surface area contributed by atoms with Crippen molar-refractivity contribution in [2.45, 2.75) is 26.8 Å². The molecule has 8 nitrogen and oxygen atoms in total. The van der Waals surface area contributed by atoms with Crippen LogP contribution >= 0.6 is 11.3 Å². The number of allylic oxidation sites excluding steroid dienone is 1. The highest BCUT2D eigenvalue weighted by Gasteiger charge is 2.36. The number of carbonyl (C=O) groups is 1. The van der Waals surface area contributed by atoms with E-state index in [1.807, 2.05) is 43.3 Å². The van der Waals surface area contributed by atoms with Gasteiger partial charge in [-0.1, -0.05) is 47.7 Å². The smallest absolute Gasteiger partial charge is 0.338 e. The third-order valence-corrected chi connectivity index (χ3v) is 7.51. The van der Waals surface area contributed by atoms with Crippen molar-refractivity contribution in [1.29, 1.82) is 0 Å². The Morgan fingerprint density at radius 2 is 1.90 bits per heavy atom. The fraction of sp³-hybridized carbons (Fsp3) is 0.233. The number of benzene rings is 3. The first kappa shape index (κ1) is 26.2. The second-order valence-corrected chi connectivity index (χ2v) is 9.87. The molecule has 0 radical (unpaired) electrons. The molecule has 1 aliphatic rings. The summed E-state index contributed by atoms with van der Waals surface area (Å²) in [5.41, 5.74) is 1.82. The van der Waals surface area contributed by atoms with Crippen LogP contribution in [0.25, 0.3) is 16.8 Å². The molecule has 0 amide bonds. The Morgan fingerprint density at radius 3 is 2.64 bits per heavy atom. The normalized spacial score (nSPS) is 15.2. The standard InChI is InChI=1S/C30H28N2O6S/c1-5-37-23-15-18(11-13-21(23)33)16-24-28(34)32-27(25(29(35)38-6-2)17(3)31-30(32)39-24)26-20-10-8-7-9-19(20)12-14-22(26)36-4/h7-16,27,33H,5-6H2,1-4H3/b24-16-/t27-/m0/s1. The van der Waals surface area contributed by atoms with Crippen molar-refractivity contribution < 1.29 is 24.1 Å². The summed E-state index contributed by atoms with van der Waals surface area (Å²) in [7, 11) is 1.57. The number of phenols is 1. The lowest BCUT2D eigenvalue weighted by Crippen LogP contribution is -2.40. The number of hydrogen-bond acceptors (Lipinski definition) is 8. The molecule has 4 aromatic rings. The van der Waals surface area contributed by atoms with Gasteiger partial charge in [-0.2, -0.15) is 0 Å². The van der Waals surface area contributed by atoms with E-state index in [1.165, 1.54) is 17.4 Å². The minimum Gasteiger partial charge on any atom is -0.504 e. The van der Waals surface area contributed by atoms with Crippen LogP contribution < -0.4 is 24.4 Å². The molecule has 0 spiro atoms. The van der Waals surface area contributed by atoms with Gasteiger partial charge in [0.25, 0.3) is 5.56 Å². The number of thiazole rings is 1. The van der Waals surface area contributed by atoms with E-state index in [9.17, 15) is 14.7 Å². The second kappa shape index (κ2) is 10.8. The quantitative estimate of drug-likeness (QED) is 0.352. The molecular weight excluding hydrogens is 516 g/mol. The molecule has 0 saturated carbocycles. The summed E-state index contributed by atoms with van der Waals surface area (Å²) < 4.78 is 18.7. The monoisotopic (exact) mass is 544 g/mol. The lowest BCUT2D eigenvalue weighted by atomic mass is 9.90. The van der Waals surface area contributed by atoms with Crippen LogP contribution in [0.4, 0.5) is 0 Å². The zero-order chi connectivity index (χ0) is 27.7. The molecule has 0 aliphatic carbocycles. The van der Waals surface area contributed by atoms with E-state index in [-0.39, 0.29) is 23.5 Å². The largest absolute Gasteiger partial charge is 0.504 e. The summed E-state index contributed by atoms with van der Waals surface area (Å²) in [6.07, 6.45) is 1.73. The Hall–Kier alpha value is -4.37. The van der Waals surface area contributed by atoms with Crippen LogP contribution in [-0.4, -0.2) is 36.0 Å². The van der Waals surface area contributed by atoms with Crippen LogP contribution in [0.2, 0.25) is 0 Å². The van der Waals surface area contributed by atoms with Crippen molar-refractivity contribution in [1.82, 2.24) is 4.57 Å². The SMILES string of the molecule is CCOC(=O)C1=C(C)N=c2s/c(=C\c3ccc(O)c(OCC)c3)c(=O)n2[C@@H]1c1c(OC)ccc2ccccc12. The lowest BCUT2D eigenvalue weighted by molar-refractivity contribution is -0.139. The molecule has 1 atom stereocenters. The number of rotatable bonds is 7. The Balaban J connectivity index is 1.81. The van der Waals surface area contributed by atoms with Gasteiger partial charge >= 0.3 is 5.97 Å². The third kappa shape index (κ3) is 4.70. The summed E-state index contributed by atoms with van der Waals surface area (Å²) in [6, 6.07) is 15.7. The predicted molar refractivity (Wildman–Crippen MR) is 150 cm³/mol. The van der Waals surface area contributed by atoms with Crippen molar-refractivity contribution in [2.75, 3.05) is 20.3 Å². The highest BCUT2D eigenvalue weighted by Crippen LogP contribution is 2.40. The summed E-state index contributed by atoms with van der Waals surface area (Å²) in [5.74, 6) is 0.364. The molecule has 200 valence electrons. The van der Waals surface area contributed by atoms with Gasteiger partial charge in [0, 0.05) is 5.56 Å². The lowest BCUT2D eigenvalue weighted by Gasteiger charge is -2.27. The summed E-state index contributed by atoms with van der Waals surface area (Å²) in [4.78, 5) is 32.5. The number of esters is 1. The number of fused-ring (bicyclic) bond motifs is 2. The number of carbonyl (C=O) groups excluding carboxylic acids is 1. The van der Waals surface area contributed by atoms with Gasteiger partial charge in [0.05, 0.1) is 36.1 Å². The van der Waals surface area contributed by atoms with Gasteiger partial charge in [-0.3, -0.25) is 9.36 Å². The third-order valence-electron chi connectivity index (χ3n) is 6.52. The molecule has 2 heterocycles. The molecule has 9 heteroatoms. The van der Waals surface area contributed by atoms with E-state index in [1.54, 1.807) is 43.7 Å². The highest BCUT2D eigenvalue weighted by molar-refractivity contribution is 7.07. The number of nitrogens with zero attached hydrogens (tertiary/aromatic N) is 2. The van der Waals surface area contributed by atoms with Gasteiger partial charge in [0.2, 0.25) is 0 Å². The first-order valence-electron chi connectivity index (χ1n) is 12.6. The summed E-state index contributed by atoms with van der Waals surface area (Å²) in [5, 5.41) is 11.9. The maximum Gasteiger partial charge on any atom is 0.338 e. The van der Waals surface area contributed by atoms with Crippen molar-refractivity contribution in [3.05, 3.63) is 96.7 Å². The number of phenolic OH excluding ortho intramolecular Hbond substituents is 1. The van der Waals surface area contributed by atoms with Crippen LogP contribution in [0.1, 0.15) is 37.9 Å². The topological polar surface area (TPSA) is 99.4 Å². The first-order valence-corrected chi connectivity index (χ1v) is 13.4. The Labute approximate surface area is 228 Å². The Kier molecular flexibility index (Phi) is 7.26. The number of hydrogen-bond donors (Lipinski definition) is 1. The van der Waals surface area contributed by atoms with Crippen molar-refractivity contribution in [3.63, 3.8) is 0 Å². The zero-order valence-electron chi connectivity index (χ0n) is 22.1. The molecule has 39 heavy (non-hydrogen) atoms. The van der Waals surface area contributed by atoms with Crippen LogP contribution in [0, 0.1) is 0 Å². The van der Waals surface area contributed by atoms with Crippen molar-refractivity contribution >= 4 is 34.2 Å². The van der Waals surface area contributed by atoms with Crippen LogP contribution in [0.3, 0.4) is 0 Å². The minimum atomic E-state index is -0.817. The number of aromatic nitrogens is 1. The average Bonchev–Trinajstić information content (AvgIpc) is 3.23. The molecule has 1 aromatic heterocycles. The summed E-state index contributed by atoms with van der Waals surface area (Å²) in [6.45, 7) is 5.90. The van der Waals surface area contributed by atoms with Crippen molar-refractivity contribution in [2.24, 2.45) is 4.99 Å². The summed E-state index contributed by atoms with van der Waals surface area (Å²) >= 11 is 1.23. The minimum absolute atomic E-state index is 0.0215. The van der Waals surface area contributed by atoms with Gasteiger partial charge < -0.3 is 19.3 Å². The van der Waals surface area contributed by atoms with E-state index >= 15 is 0 Å². The van der Waals surface area contributed by atoms with E-state index in [2.05, 4.69) is 4.99 Å². The maximum absolute atomic E-state index is 14.0. The molecular formula is C30H28N2O6S. The second-order valence-electron chi connectivity index (χ2n) is 8.87. The predicted octanol–water partition coefficient (Wildman–Crippen LogP) is 4.06. The van der Waals surface area contributed by atoms with E-state index in [4.69, 9.17) is 14.2 Å². The Bertz CT molecular complexity index is 1800. The van der Waals surface area contributed by atoms with E-state index < -0.39 is 12.0 Å². The van der Waals surface area contributed by atoms with Gasteiger partial charge in [0.15, 0.2) is 16.3 Å². The van der Waals surface area contributed by atoms with Gasteiger partial charge in [-0.15, -0.1) is 0 Å². The van der Waals surface area contributed by atoms with Gasteiger partial charge in [-0.05, 0) is 61.4 Å². The molecule has 1 aliphatic heterocycles.